The van der Waals surface area contributed by atoms with Crippen molar-refractivity contribution in [2.75, 3.05) is 4.72 Å². The van der Waals surface area contributed by atoms with E-state index in [1.165, 1.54) is 0 Å². The van der Waals surface area contributed by atoms with Crippen molar-refractivity contribution in [3.05, 3.63) is 53.7 Å². The Hall–Kier alpha value is -2.17. The van der Waals surface area contributed by atoms with Crippen LogP contribution in [0.5, 0.6) is 11.5 Å². The van der Waals surface area contributed by atoms with Gasteiger partial charge in [0.2, 0.25) is 10.0 Å². The Labute approximate surface area is 161 Å². The molecule has 0 bridgehead atoms. The van der Waals surface area contributed by atoms with E-state index in [4.69, 9.17) is 4.74 Å². The lowest BCUT2D eigenvalue weighted by Crippen LogP contribution is -2.20. The third kappa shape index (κ3) is 3.92. The number of anilines is 1. The monoisotopic (exact) mass is 400 g/mol. The molecule has 1 unspecified atom stereocenters. The van der Waals surface area contributed by atoms with Crippen LogP contribution in [0.1, 0.15) is 24.1 Å². The van der Waals surface area contributed by atoms with Crippen LogP contribution in [0.4, 0.5) is 5.69 Å². The number of fused-ring (bicyclic) bond motifs is 1. The van der Waals surface area contributed by atoms with Crippen molar-refractivity contribution in [3.63, 3.8) is 0 Å². The highest BCUT2D eigenvalue weighted by Crippen LogP contribution is 2.32. The van der Waals surface area contributed by atoms with Gasteiger partial charge in [-0.05, 0) is 62.3 Å². The summed E-state index contributed by atoms with van der Waals surface area (Å²) in [6.07, 6.45) is 1.47. The second-order valence-electron chi connectivity index (χ2n) is 6.98. The number of aryl methyl sites for hydroxylation is 2. The van der Waals surface area contributed by atoms with E-state index in [0.717, 1.165) is 46.1 Å². The highest BCUT2D eigenvalue weighted by Gasteiger charge is 2.35. The van der Waals surface area contributed by atoms with Crippen molar-refractivity contribution in [1.82, 2.24) is 4.98 Å². The van der Waals surface area contributed by atoms with Gasteiger partial charge in [-0.15, -0.1) is 9.24 Å². The van der Waals surface area contributed by atoms with Gasteiger partial charge in [-0.25, -0.2) is 8.42 Å². The molecule has 1 aliphatic rings. The first kappa shape index (κ1) is 18.2. The van der Waals surface area contributed by atoms with Crippen LogP contribution < -0.4 is 14.8 Å². The summed E-state index contributed by atoms with van der Waals surface area (Å²) in [5.41, 5.74) is 3.46. The van der Waals surface area contributed by atoms with Crippen molar-refractivity contribution in [1.29, 1.82) is 0 Å². The zero-order valence-corrected chi connectivity index (χ0v) is 17.2. The molecule has 7 heteroatoms. The van der Waals surface area contributed by atoms with E-state index in [1.54, 1.807) is 12.1 Å². The quantitative estimate of drug-likeness (QED) is 0.656. The standard InChI is InChI=1S/C20H21N2O3PS/c1-12-3-7-17-16(9-12)19(10-13(2)21-17)25-14-4-8-18(20(26)11-14)22-27(23,24)15-5-6-15/h3-4,7-11,15,22H,5-6,26H2,1-2H3. The zero-order chi connectivity index (χ0) is 19.2. The van der Waals surface area contributed by atoms with Gasteiger partial charge < -0.3 is 4.74 Å². The molecule has 0 saturated heterocycles. The van der Waals surface area contributed by atoms with Crippen molar-refractivity contribution in [3.8, 4) is 11.5 Å². The zero-order valence-electron chi connectivity index (χ0n) is 15.2. The van der Waals surface area contributed by atoms with Crippen LogP contribution in [0.15, 0.2) is 42.5 Å². The predicted octanol–water partition coefficient (Wildman–Crippen LogP) is 4.05. The maximum Gasteiger partial charge on any atom is 0.235 e. The van der Waals surface area contributed by atoms with Gasteiger partial charge in [-0.1, -0.05) is 11.6 Å². The minimum Gasteiger partial charge on any atom is -0.457 e. The molecule has 1 fully saturated rings. The van der Waals surface area contributed by atoms with E-state index >= 15 is 0 Å². The van der Waals surface area contributed by atoms with Gasteiger partial charge in [0, 0.05) is 17.1 Å². The van der Waals surface area contributed by atoms with E-state index in [0.29, 0.717) is 11.4 Å². The first-order valence-electron chi connectivity index (χ1n) is 8.79. The Kier molecular flexibility index (Phi) is 4.57. The van der Waals surface area contributed by atoms with Crippen molar-refractivity contribution < 1.29 is 13.2 Å². The highest BCUT2D eigenvalue weighted by atomic mass is 32.2. The first-order valence-corrected chi connectivity index (χ1v) is 10.9. The number of pyridine rings is 1. The summed E-state index contributed by atoms with van der Waals surface area (Å²) in [5.74, 6) is 1.37. The molecule has 5 nitrogen and oxygen atoms in total. The van der Waals surface area contributed by atoms with Crippen molar-refractivity contribution >= 4 is 41.2 Å². The normalized spacial score (nSPS) is 14.3. The van der Waals surface area contributed by atoms with Gasteiger partial charge >= 0.3 is 0 Å². The fourth-order valence-electron chi connectivity index (χ4n) is 2.96. The Bertz CT molecular complexity index is 1140. The summed E-state index contributed by atoms with van der Waals surface area (Å²) in [4.78, 5) is 4.55. The lowest BCUT2D eigenvalue weighted by Gasteiger charge is -2.13. The van der Waals surface area contributed by atoms with E-state index < -0.39 is 10.0 Å². The number of aromatic nitrogens is 1. The molecule has 1 aromatic heterocycles. The molecule has 0 spiro atoms. The fourth-order valence-corrected chi connectivity index (χ4v) is 4.81. The average molecular weight is 400 g/mol. The molecule has 4 rings (SSSR count). The first-order chi connectivity index (χ1) is 12.8. The summed E-state index contributed by atoms with van der Waals surface area (Å²) in [7, 11) is -0.717. The Morgan fingerprint density at radius 3 is 2.59 bits per heavy atom. The lowest BCUT2D eigenvalue weighted by atomic mass is 10.1. The fraction of sp³-hybridized carbons (Fsp3) is 0.250. The van der Waals surface area contributed by atoms with Gasteiger partial charge in [0.25, 0.3) is 0 Å². The molecule has 1 atom stereocenters. The molecule has 1 heterocycles. The summed E-state index contributed by atoms with van der Waals surface area (Å²) in [5, 5.41) is 1.43. The number of hydrogen-bond acceptors (Lipinski definition) is 4. The van der Waals surface area contributed by atoms with E-state index in [-0.39, 0.29) is 5.25 Å². The number of benzene rings is 2. The van der Waals surface area contributed by atoms with Crippen LogP contribution in [0.25, 0.3) is 10.9 Å². The number of sulfonamides is 1. The molecule has 0 aliphatic heterocycles. The smallest absolute Gasteiger partial charge is 0.235 e. The summed E-state index contributed by atoms with van der Waals surface area (Å²) >= 11 is 0. The molecule has 0 radical (unpaired) electrons. The lowest BCUT2D eigenvalue weighted by molar-refractivity contribution is 0.488. The topological polar surface area (TPSA) is 68.3 Å². The van der Waals surface area contributed by atoms with Crippen LogP contribution >= 0.6 is 9.24 Å². The molecule has 27 heavy (non-hydrogen) atoms. The summed E-state index contributed by atoms with van der Waals surface area (Å²) in [6.45, 7) is 3.97. The van der Waals surface area contributed by atoms with Gasteiger partial charge in [-0.2, -0.15) is 0 Å². The Morgan fingerprint density at radius 2 is 1.89 bits per heavy atom. The number of nitrogens with one attached hydrogen (secondary N) is 1. The highest BCUT2D eigenvalue weighted by molar-refractivity contribution is 7.93. The SMILES string of the molecule is Cc1ccc2nc(C)cc(Oc3ccc(NS(=O)(=O)C4CC4)c(P)c3)c2c1. The third-order valence-corrected chi connectivity index (χ3v) is 6.85. The molecular formula is C20H21N2O3PS. The van der Waals surface area contributed by atoms with E-state index in [1.807, 2.05) is 38.1 Å². The van der Waals surface area contributed by atoms with Crippen molar-refractivity contribution in [2.24, 2.45) is 0 Å². The third-order valence-electron chi connectivity index (χ3n) is 4.52. The van der Waals surface area contributed by atoms with Gasteiger partial charge in [0.05, 0.1) is 16.5 Å². The molecule has 1 aliphatic carbocycles. The molecule has 0 amide bonds. The maximum atomic E-state index is 12.1. The molecule has 1 N–H and O–H groups in total. The van der Waals surface area contributed by atoms with Crippen LogP contribution in [0.3, 0.4) is 0 Å². The van der Waals surface area contributed by atoms with Crippen LogP contribution in [0.2, 0.25) is 0 Å². The number of ether oxygens (including phenoxy) is 1. The second-order valence-corrected chi connectivity index (χ2v) is 9.56. The van der Waals surface area contributed by atoms with Crippen LogP contribution in [-0.2, 0) is 10.0 Å². The van der Waals surface area contributed by atoms with Gasteiger partial charge in [-0.3, -0.25) is 9.71 Å². The largest absolute Gasteiger partial charge is 0.457 e. The number of hydrogen-bond donors (Lipinski definition) is 1. The maximum absolute atomic E-state index is 12.1. The average Bonchev–Trinajstić information content (AvgIpc) is 3.43. The second kappa shape index (κ2) is 6.77. The minimum atomic E-state index is -3.29. The van der Waals surface area contributed by atoms with E-state index in [9.17, 15) is 8.42 Å². The number of rotatable bonds is 5. The van der Waals surface area contributed by atoms with Gasteiger partial charge in [0.1, 0.15) is 11.5 Å². The Morgan fingerprint density at radius 1 is 1.11 bits per heavy atom. The van der Waals surface area contributed by atoms with Crippen molar-refractivity contribution in [2.45, 2.75) is 31.9 Å². The molecule has 140 valence electrons. The molecule has 2 aromatic carbocycles. The molecule has 3 aromatic rings. The summed E-state index contributed by atoms with van der Waals surface area (Å²) in [6, 6.07) is 13.3. The summed E-state index contributed by atoms with van der Waals surface area (Å²) < 4.78 is 33.1. The number of nitrogens with zero attached hydrogens (tertiary/aromatic N) is 1. The predicted molar refractivity (Wildman–Crippen MR) is 113 cm³/mol. The van der Waals surface area contributed by atoms with Crippen LogP contribution in [0, 0.1) is 13.8 Å². The van der Waals surface area contributed by atoms with Crippen LogP contribution in [-0.4, -0.2) is 18.7 Å². The van der Waals surface area contributed by atoms with Gasteiger partial charge in [0.15, 0.2) is 0 Å². The van der Waals surface area contributed by atoms with E-state index in [2.05, 4.69) is 25.0 Å². The molecular weight excluding hydrogens is 379 g/mol. The molecule has 1 saturated carbocycles. The minimum absolute atomic E-state index is 0.257. The Balaban J connectivity index is 1.64.